The lowest BCUT2D eigenvalue weighted by Gasteiger charge is -2.37. The molecule has 2 rings (SSSR count). The van der Waals surface area contributed by atoms with E-state index in [0.717, 1.165) is 31.2 Å². The maximum absolute atomic E-state index is 13.2. The summed E-state index contributed by atoms with van der Waals surface area (Å²) in [5, 5.41) is 10.6. The molecular weight excluding hydrogens is 215 g/mol. The second-order valence-electron chi connectivity index (χ2n) is 5.62. The lowest BCUT2D eigenvalue weighted by molar-refractivity contribution is -0.0201. The van der Waals surface area contributed by atoms with Crippen molar-refractivity contribution in [2.75, 3.05) is 0 Å². The van der Waals surface area contributed by atoms with Gasteiger partial charge >= 0.3 is 0 Å². The van der Waals surface area contributed by atoms with E-state index in [2.05, 4.69) is 13.8 Å². The average molecular weight is 236 g/mol. The molecule has 1 saturated carbocycles. The summed E-state index contributed by atoms with van der Waals surface area (Å²) < 4.78 is 13.2. The van der Waals surface area contributed by atoms with Gasteiger partial charge in [-0.3, -0.25) is 0 Å². The van der Waals surface area contributed by atoms with Gasteiger partial charge in [0.1, 0.15) is 5.82 Å². The van der Waals surface area contributed by atoms with Crippen molar-refractivity contribution in [2.45, 2.75) is 45.1 Å². The summed E-state index contributed by atoms with van der Waals surface area (Å²) in [7, 11) is 0. The topological polar surface area (TPSA) is 20.2 Å². The Labute approximate surface area is 103 Å². The van der Waals surface area contributed by atoms with Crippen LogP contribution in [0.4, 0.5) is 4.39 Å². The highest BCUT2D eigenvalue weighted by Gasteiger charge is 2.35. The molecule has 17 heavy (non-hydrogen) atoms. The zero-order valence-corrected chi connectivity index (χ0v) is 10.6. The van der Waals surface area contributed by atoms with Gasteiger partial charge in [0.15, 0.2) is 0 Å². The highest BCUT2D eigenvalue weighted by Crippen LogP contribution is 2.41. The molecule has 0 spiro atoms. The molecule has 1 fully saturated rings. The van der Waals surface area contributed by atoms with Gasteiger partial charge in [0.05, 0.1) is 5.60 Å². The molecule has 1 aromatic rings. The third-order valence-corrected chi connectivity index (χ3v) is 4.16. The minimum atomic E-state index is -0.812. The molecule has 0 unspecified atom stereocenters. The normalized spacial score (nSPS) is 29.6. The van der Waals surface area contributed by atoms with Crippen LogP contribution in [0.3, 0.4) is 0 Å². The fraction of sp³-hybridized carbons (Fsp3) is 0.600. The summed E-state index contributed by atoms with van der Waals surface area (Å²) in [6.45, 7) is 4.47. The van der Waals surface area contributed by atoms with Crippen molar-refractivity contribution in [1.82, 2.24) is 0 Å². The van der Waals surface area contributed by atoms with E-state index in [1.807, 2.05) is 6.07 Å². The predicted octanol–water partition coefficient (Wildman–Crippen LogP) is 3.86. The minimum absolute atomic E-state index is 0.262. The van der Waals surface area contributed by atoms with E-state index in [9.17, 15) is 9.50 Å². The van der Waals surface area contributed by atoms with Gasteiger partial charge in [-0.15, -0.1) is 0 Å². The van der Waals surface area contributed by atoms with Crippen molar-refractivity contribution in [1.29, 1.82) is 0 Å². The third kappa shape index (κ3) is 2.68. The van der Waals surface area contributed by atoms with E-state index in [4.69, 9.17) is 0 Å². The molecule has 2 heteroatoms. The van der Waals surface area contributed by atoms with Crippen LogP contribution in [0.1, 0.15) is 45.1 Å². The average Bonchev–Trinajstić information content (AvgIpc) is 2.29. The van der Waals surface area contributed by atoms with E-state index in [1.54, 1.807) is 6.07 Å². The van der Waals surface area contributed by atoms with Crippen molar-refractivity contribution in [2.24, 2.45) is 11.8 Å². The predicted molar refractivity (Wildman–Crippen MR) is 67.1 cm³/mol. The highest BCUT2D eigenvalue weighted by atomic mass is 19.1. The van der Waals surface area contributed by atoms with Crippen molar-refractivity contribution in [3.05, 3.63) is 35.6 Å². The van der Waals surface area contributed by atoms with E-state index >= 15 is 0 Å². The molecule has 0 saturated heterocycles. The summed E-state index contributed by atoms with van der Waals surface area (Å²) in [6.07, 6.45) is 3.56. The molecule has 0 bridgehead atoms. The Kier molecular flexibility index (Phi) is 3.53. The van der Waals surface area contributed by atoms with Crippen LogP contribution in [0.5, 0.6) is 0 Å². The van der Waals surface area contributed by atoms with E-state index in [-0.39, 0.29) is 5.82 Å². The van der Waals surface area contributed by atoms with Gasteiger partial charge < -0.3 is 5.11 Å². The summed E-state index contributed by atoms with van der Waals surface area (Å²) in [4.78, 5) is 0. The number of halogens is 1. The van der Waals surface area contributed by atoms with Crippen LogP contribution < -0.4 is 0 Å². The first-order valence-electron chi connectivity index (χ1n) is 6.50. The van der Waals surface area contributed by atoms with Gasteiger partial charge in [0.25, 0.3) is 0 Å². The van der Waals surface area contributed by atoms with Crippen molar-refractivity contribution < 1.29 is 9.50 Å². The van der Waals surface area contributed by atoms with Gasteiger partial charge in [0.2, 0.25) is 0 Å². The van der Waals surface area contributed by atoms with Gasteiger partial charge in [-0.25, -0.2) is 4.39 Å². The molecule has 1 aliphatic carbocycles. The fourth-order valence-corrected chi connectivity index (χ4v) is 2.85. The van der Waals surface area contributed by atoms with Crippen LogP contribution in [0.25, 0.3) is 0 Å². The smallest absolute Gasteiger partial charge is 0.123 e. The Morgan fingerprint density at radius 1 is 1.29 bits per heavy atom. The van der Waals surface area contributed by atoms with Crippen molar-refractivity contribution in [3.63, 3.8) is 0 Å². The first-order chi connectivity index (χ1) is 8.01. The maximum Gasteiger partial charge on any atom is 0.123 e. The van der Waals surface area contributed by atoms with Crippen LogP contribution in [0.15, 0.2) is 24.3 Å². The largest absolute Gasteiger partial charge is 0.385 e. The van der Waals surface area contributed by atoms with Gasteiger partial charge in [-0.1, -0.05) is 26.0 Å². The lowest BCUT2D eigenvalue weighted by atomic mass is 9.72. The van der Waals surface area contributed by atoms with Crippen LogP contribution in [-0.2, 0) is 5.60 Å². The molecule has 0 heterocycles. The Morgan fingerprint density at radius 2 is 1.94 bits per heavy atom. The minimum Gasteiger partial charge on any atom is -0.385 e. The molecule has 0 atom stereocenters. The van der Waals surface area contributed by atoms with Crippen LogP contribution in [-0.4, -0.2) is 5.11 Å². The molecule has 1 N–H and O–H groups in total. The Balaban J connectivity index is 2.12. The summed E-state index contributed by atoms with van der Waals surface area (Å²) in [6, 6.07) is 6.40. The second kappa shape index (κ2) is 4.77. The lowest BCUT2D eigenvalue weighted by Crippen LogP contribution is -2.32. The van der Waals surface area contributed by atoms with Crippen LogP contribution in [0, 0.1) is 17.7 Å². The molecular formula is C15H21FO. The molecule has 0 amide bonds. The monoisotopic (exact) mass is 236 g/mol. The van der Waals surface area contributed by atoms with Gasteiger partial charge in [0, 0.05) is 0 Å². The Morgan fingerprint density at radius 3 is 2.47 bits per heavy atom. The molecule has 1 aromatic carbocycles. The number of benzene rings is 1. The van der Waals surface area contributed by atoms with Crippen molar-refractivity contribution in [3.8, 4) is 0 Å². The molecule has 0 aromatic heterocycles. The van der Waals surface area contributed by atoms with Gasteiger partial charge in [-0.2, -0.15) is 0 Å². The number of rotatable bonds is 2. The summed E-state index contributed by atoms with van der Waals surface area (Å²) in [5.74, 6) is 1.11. The fourth-order valence-electron chi connectivity index (χ4n) is 2.85. The molecule has 1 aliphatic rings. The maximum atomic E-state index is 13.2. The van der Waals surface area contributed by atoms with Gasteiger partial charge in [-0.05, 0) is 55.2 Å². The number of aliphatic hydroxyl groups is 1. The highest BCUT2D eigenvalue weighted by molar-refractivity contribution is 5.23. The zero-order valence-electron chi connectivity index (χ0n) is 10.6. The quantitative estimate of drug-likeness (QED) is 0.826. The Bertz CT molecular complexity index is 378. The Hall–Kier alpha value is -0.890. The standard InChI is InChI=1S/C15H21FO/c1-11(2)12-6-8-15(17,9-7-12)13-4-3-5-14(16)10-13/h3-5,10-12,17H,6-9H2,1-2H3. The zero-order chi connectivity index (χ0) is 12.5. The molecule has 0 aliphatic heterocycles. The van der Waals surface area contributed by atoms with E-state index < -0.39 is 5.60 Å². The molecule has 1 nitrogen and oxygen atoms in total. The SMILES string of the molecule is CC(C)C1CCC(O)(c2cccc(F)c2)CC1. The van der Waals surface area contributed by atoms with E-state index in [0.29, 0.717) is 11.8 Å². The van der Waals surface area contributed by atoms with E-state index in [1.165, 1.54) is 12.1 Å². The first-order valence-corrected chi connectivity index (χ1v) is 6.50. The summed E-state index contributed by atoms with van der Waals surface area (Å²) >= 11 is 0. The summed E-state index contributed by atoms with van der Waals surface area (Å²) in [5.41, 5.74) is -0.0762. The number of hydrogen-bond acceptors (Lipinski definition) is 1. The van der Waals surface area contributed by atoms with Crippen LogP contribution >= 0.6 is 0 Å². The third-order valence-electron chi connectivity index (χ3n) is 4.16. The molecule has 0 radical (unpaired) electrons. The van der Waals surface area contributed by atoms with Crippen molar-refractivity contribution >= 4 is 0 Å². The number of hydrogen-bond donors (Lipinski definition) is 1. The molecule has 94 valence electrons. The second-order valence-corrected chi connectivity index (χ2v) is 5.62. The first kappa shape index (κ1) is 12.6. The van der Waals surface area contributed by atoms with Crippen LogP contribution in [0.2, 0.25) is 0 Å².